The van der Waals surface area contributed by atoms with E-state index in [4.69, 9.17) is 0 Å². The third-order valence-electron chi connectivity index (χ3n) is 3.56. The molecule has 0 saturated heterocycles. The number of carbonyl (C=O) groups is 1. The lowest BCUT2D eigenvalue weighted by molar-refractivity contribution is 0.0888. The molecule has 1 atom stereocenters. The van der Waals surface area contributed by atoms with Crippen molar-refractivity contribution in [3.8, 4) is 0 Å². The second-order valence-electron chi connectivity index (χ2n) is 5.20. The maximum absolute atomic E-state index is 12.9. The van der Waals surface area contributed by atoms with Gasteiger partial charge in [0.2, 0.25) is 5.76 Å². The number of carbonyl (C=O) groups excluding carboxylic acids is 1. The third kappa shape index (κ3) is 2.81. The van der Waals surface area contributed by atoms with Crippen LogP contribution in [0.1, 0.15) is 52.9 Å². The second-order valence-corrected chi connectivity index (χ2v) is 5.20. The fraction of sp³-hybridized carbons (Fsp3) is 0.429. The molecule has 6 nitrogen and oxygen atoms in total. The summed E-state index contributed by atoms with van der Waals surface area (Å²) in [6, 6.07) is 1.28. The zero-order chi connectivity index (χ0) is 15.7. The van der Waals surface area contributed by atoms with Gasteiger partial charge in [-0.3, -0.25) is 4.79 Å². The maximum atomic E-state index is 12.9. The fourth-order valence-electron chi connectivity index (χ4n) is 2.32. The van der Waals surface area contributed by atoms with E-state index in [-0.39, 0.29) is 17.2 Å². The first-order chi connectivity index (χ1) is 10.6. The lowest BCUT2D eigenvalue weighted by atomic mass is 10.1. The molecule has 2 aromatic rings. The Morgan fingerprint density at radius 3 is 2.64 bits per heavy atom. The molecule has 116 valence electrons. The van der Waals surface area contributed by atoms with Crippen LogP contribution < -0.4 is 5.32 Å². The Labute approximate surface area is 124 Å². The van der Waals surface area contributed by atoms with Crippen LogP contribution in [-0.4, -0.2) is 21.0 Å². The summed E-state index contributed by atoms with van der Waals surface area (Å²) in [5.74, 6) is -0.649. The van der Waals surface area contributed by atoms with Gasteiger partial charge in [-0.2, -0.15) is 0 Å². The number of hydrogen-bond acceptors (Lipinski definition) is 5. The zero-order valence-corrected chi connectivity index (χ0v) is 11.8. The van der Waals surface area contributed by atoms with Crippen molar-refractivity contribution in [3.05, 3.63) is 41.3 Å². The Morgan fingerprint density at radius 2 is 2.05 bits per heavy atom. The van der Waals surface area contributed by atoms with E-state index in [2.05, 4.69) is 25.0 Å². The number of nitrogens with zero attached hydrogens (tertiary/aromatic N) is 3. The van der Waals surface area contributed by atoms with Crippen LogP contribution in [0.15, 0.2) is 23.0 Å². The Morgan fingerprint density at radius 1 is 1.36 bits per heavy atom. The molecule has 8 heteroatoms. The predicted octanol–water partition coefficient (Wildman–Crippen LogP) is 2.59. The van der Waals surface area contributed by atoms with Crippen LogP contribution in [0.3, 0.4) is 0 Å². The van der Waals surface area contributed by atoms with Crippen LogP contribution in [0.5, 0.6) is 0 Å². The van der Waals surface area contributed by atoms with Crippen LogP contribution in [-0.2, 0) is 0 Å². The van der Waals surface area contributed by atoms with E-state index in [9.17, 15) is 13.6 Å². The summed E-state index contributed by atoms with van der Waals surface area (Å²) < 4.78 is 30.3. The topological polar surface area (TPSA) is 80.9 Å². The van der Waals surface area contributed by atoms with E-state index in [0.29, 0.717) is 5.82 Å². The van der Waals surface area contributed by atoms with Gasteiger partial charge in [0.1, 0.15) is 5.56 Å². The van der Waals surface area contributed by atoms with Gasteiger partial charge in [0, 0.05) is 12.4 Å². The van der Waals surface area contributed by atoms with Crippen LogP contribution in [0.25, 0.3) is 0 Å². The summed E-state index contributed by atoms with van der Waals surface area (Å²) in [6.45, 7) is 1.45. The quantitative estimate of drug-likeness (QED) is 0.918. The van der Waals surface area contributed by atoms with Crippen molar-refractivity contribution in [2.75, 3.05) is 0 Å². The molecule has 1 saturated carbocycles. The molecule has 0 aromatic carbocycles. The third-order valence-corrected chi connectivity index (χ3v) is 3.56. The minimum atomic E-state index is -2.89. The van der Waals surface area contributed by atoms with Gasteiger partial charge >= 0.3 is 0 Å². The molecule has 0 spiro atoms. The standard InChI is InChI=1S/C14H14F2N4O2/c1-7-9(11(12(15)16)22-20-7)14(21)19-10(8-3-4-8)13-17-5-2-6-18-13/h2,5-6,8,10,12H,3-4H2,1H3,(H,19,21). The number of aromatic nitrogens is 3. The number of hydrogen-bond donors (Lipinski definition) is 1. The van der Waals surface area contributed by atoms with Crippen molar-refractivity contribution in [1.29, 1.82) is 0 Å². The van der Waals surface area contributed by atoms with Gasteiger partial charge in [0.15, 0.2) is 5.82 Å². The molecule has 3 rings (SSSR count). The summed E-state index contributed by atoms with van der Waals surface area (Å²) >= 11 is 0. The Hall–Kier alpha value is -2.38. The Bertz CT molecular complexity index is 671. The molecule has 0 bridgehead atoms. The lowest BCUT2D eigenvalue weighted by Gasteiger charge is -2.16. The molecule has 1 amide bonds. The summed E-state index contributed by atoms with van der Waals surface area (Å²) in [6.07, 6.45) is 2.15. The van der Waals surface area contributed by atoms with Gasteiger partial charge in [-0.15, -0.1) is 0 Å². The van der Waals surface area contributed by atoms with Crippen molar-refractivity contribution in [2.24, 2.45) is 5.92 Å². The minimum absolute atomic E-state index is 0.135. The molecule has 2 heterocycles. The number of rotatable bonds is 5. The van der Waals surface area contributed by atoms with Gasteiger partial charge in [0.25, 0.3) is 12.3 Å². The fourth-order valence-corrected chi connectivity index (χ4v) is 2.32. The molecule has 1 fully saturated rings. The molecule has 22 heavy (non-hydrogen) atoms. The van der Waals surface area contributed by atoms with Crippen LogP contribution in [0, 0.1) is 12.8 Å². The summed E-state index contributed by atoms with van der Waals surface area (Å²) in [4.78, 5) is 20.7. The minimum Gasteiger partial charge on any atom is -0.354 e. The molecule has 1 aliphatic rings. The van der Waals surface area contributed by atoms with Crippen molar-refractivity contribution >= 4 is 5.91 Å². The van der Waals surface area contributed by atoms with E-state index in [0.717, 1.165) is 12.8 Å². The molecular weight excluding hydrogens is 294 g/mol. The molecule has 1 unspecified atom stereocenters. The van der Waals surface area contributed by atoms with Crippen molar-refractivity contribution in [3.63, 3.8) is 0 Å². The number of alkyl halides is 2. The number of nitrogens with one attached hydrogen (secondary N) is 1. The summed E-state index contributed by atoms with van der Waals surface area (Å²) in [5.41, 5.74) is -0.0760. The van der Waals surface area contributed by atoms with Crippen LogP contribution in [0.2, 0.25) is 0 Å². The van der Waals surface area contributed by atoms with Crippen molar-refractivity contribution in [1.82, 2.24) is 20.4 Å². The highest BCUT2D eigenvalue weighted by Gasteiger charge is 2.37. The van der Waals surface area contributed by atoms with Crippen LogP contribution >= 0.6 is 0 Å². The van der Waals surface area contributed by atoms with E-state index < -0.39 is 24.1 Å². The highest BCUT2D eigenvalue weighted by Crippen LogP contribution is 2.40. The van der Waals surface area contributed by atoms with Crippen LogP contribution in [0.4, 0.5) is 8.78 Å². The predicted molar refractivity (Wildman–Crippen MR) is 71.2 cm³/mol. The maximum Gasteiger partial charge on any atom is 0.298 e. The van der Waals surface area contributed by atoms with Gasteiger partial charge in [-0.25, -0.2) is 18.7 Å². The van der Waals surface area contributed by atoms with Gasteiger partial charge in [-0.05, 0) is 31.7 Å². The average Bonchev–Trinajstić information content (AvgIpc) is 3.27. The first-order valence-electron chi connectivity index (χ1n) is 6.90. The molecule has 0 aliphatic heterocycles. The summed E-state index contributed by atoms with van der Waals surface area (Å²) in [7, 11) is 0. The molecule has 1 N–H and O–H groups in total. The molecular formula is C14H14F2N4O2. The number of amides is 1. The first-order valence-corrected chi connectivity index (χ1v) is 6.90. The molecule has 0 radical (unpaired) electrons. The monoisotopic (exact) mass is 308 g/mol. The summed E-state index contributed by atoms with van der Waals surface area (Å²) in [5, 5.41) is 6.19. The largest absolute Gasteiger partial charge is 0.354 e. The average molecular weight is 308 g/mol. The number of aryl methyl sites for hydroxylation is 1. The van der Waals surface area contributed by atoms with Gasteiger partial charge < -0.3 is 9.84 Å². The molecule has 2 aromatic heterocycles. The highest BCUT2D eigenvalue weighted by atomic mass is 19.3. The second kappa shape index (κ2) is 5.78. The SMILES string of the molecule is Cc1noc(C(F)F)c1C(=O)NC(c1ncccn1)C1CC1. The van der Waals surface area contributed by atoms with E-state index >= 15 is 0 Å². The lowest BCUT2D eigenvalue weighted by Crippen LogP contribution is -2.32. The number of halogens is 2. The van der Waals surface area contributed by atoms with Crippen molar-refractivity contribution < 1.29 is 18.1 Å². The van der Waals surface area contributed by atoms with E-state index in [1.807, 2.05) is 0 Å². The zero-order valence-electron chi connectivity index (χ0n) is 11.8. The van der Waals surface area contributed by atoms with Gasteiger partial charge in [0.05, 0.1) is 11.7 Å². The van der Waals surface area contributed by atoms with E-state index in [1.165, 1.54) is 6.92 Å². The molecule has 1 aliphatic carbocycles. The van der Waals surface area contributed by atoms with E-state index in [1.54, 1.807) is 18.5 Å². The Balaban J connectivity index is 1.85. The first kappa shape index (κ1) is 14.6. The normalized spacial score (nSPS) is 15.8. The van der Waals surface area contributed by atoms with Gasteiger partial charge in [-0.1, -0.05) is 5.16 Å². The smallest absolute Gasteiger partial charge is 0.298 e. The highest BCUT2D eigenvalue weighted by molar-refractivity contribution is 5.96. The Kier molecular flexibility index (Phi) is 3.82. The van der Waals surface area contributed by atoms with Crippen molar-refractivity contribution in [2.45, 2.75) is 32.2 Å².